The third-order valence-electron chi connectivity index (χ3n) is 2.42. The average Bonchev–Trinajstić information content (AvgIpc) is 2.42. The van der Waals surface area contributed by atoms with Gasteiger partial charge in [-0.3, -0.25) is 10.2 Å². The lowest BCUT2D eigenvalue weighted by atomic mass is 10.1. The first-order chi connectivity index (χ1) is 9.43. The highest BCUT2D eigenvalue weighted by molar-refractivity contribution is 6.08. The number of benzene rings is 1. The van der Waals surface area contributed by atoms with Crippen LogP contribution in [0.15, 0.2) is 41.1 Å². The van der Waals surface area contributed by atoms with E-state index in [4.69, 9.17) is 0 Å². The number of rotatable bonds is 5. The molecule has 1 aromatic carbocycles. The quantitative estimate of drug-likeness (QED) is 0.294. The summed E-state index contributed by atoms with van der Waals surface area (Å²) in [5.41, 5.74) is 4.81. The van der Waals surface area contributed by atoms with E-state index >= 15 is 0 Å². The number of hydrogen-bond donors (Lipinski definition) is 1. The Morgan fingerprint density at radius 1 is 1.20 bits per heavy atom. The first-order valence-corrected chi connectivity index (χ1v) is 6.12. The summed E-state index contributed by atoms with van der Waals surface area (Å²) in [7, 11) is 1.25. The fourth-order valence-electron chi connectivity index (χ4n) is 1.35. The monoisotopic (exact) mass is 274 g/mol. The van der Waals surface area contributed by atoms with Crippen molar-refractivity contribution in [2.24, 2.45) is 5.10 Å². The summed E-state index contributed by atoms with van der Waals surface area (Å²) in [4.78, 5) is 23.6. The van der Waals surface area contributed by atoms with Gasteiger partial charge >= 0.3 is 5.97 Å². The summed E-state index contributed by atoms with van der Waals surface area (Å²) in [6, 6.07) is 7.08. The number of esters is 1. The van der Waals surface area contributed by atoms with Gasteiger partial charge in [0.05, 0.1) is 7.11 Å². The zero-order chi connectivity index (χ0) is 15.1. The van der Waals surface area contributed by atoms with Crippen LogP contribution in [0.1, 0.15) is 29.8 Å². The van der Waals surface area contributed by atoms with Gasteiger partial charge in [0.15, 0.2) is 5.78 Å². The van der Waals surface area contributed by atoms with Crippen LogP contribution in [0.3, 0.4) is 0 Å². The van der Waals surface area contributed by atoms with Crippen LogP contribution in [0.2, 0.25) is 0 Å². The third-order valence-corrected chi connectivity index (χ3v) is 2.42. The molecule has 1 aromatic rings. The first-order valence-electron chi connectivity index (χ1n) is 6.12. The van der Waals surface area contributed by atoms with Gasteiger partial charge in [0.25, 0.3) is 0 Å². The maximum absolute atomic E-state index is 12.1. The number of ketones is 1. The van der Waals surface area contributed by atoms with Gasteiger partial charge in [0.2, 0.25) is 0 Å². The van der Waals surface area contributed by atoms with Crippen molar-refractivity contribution in [3.8, 4) is 0 Å². The normalized spacial score (nSPS) is 10.7. The largest absolute Gasteiger partial charge is 0.464 e. The topological polar surface area (TPSA) is 67.8 Å². The smallest absolute Gasteiger partial charge is 0.356 e. The van der Waals surface area contributed by atoms with Gasteiger partial charge in [0.1, 0.15) is 5.70 Å². The van der Waals surface area contributed by atoms with E-state index in [0.717, 1.165) is 11.3 Å². The van der Waals surface area contributed by atoms with E-state index in [0.29, 0.717) is 5.56 Å². The summed E-state index contributed by atoms with van der Waals surface area (Å²) < 4.78 is 4.61. The van der Waals surface area contributed by atoms with Gasteiger partial charge < -0.3 is 4.74 Å². The molecule has 1 rings (SSSR count). The number of carbonyl (C=O) groups excluding carboxylic acids is 2. The molecule has 0 saturated carbocycles. The predicted molar refractivity (Wildman–Crippen MR) is 77.5 cm³/mol. The Hall–Kier alpha value is -2.43. The highest BCUT2D eigenvalue weighted by Crippen LogP contribution is 2.06. The van der Waals surface area contributed by atoms with Crippen molar-refractivity contribution in [2.45, 2.75) is 20.8 Å². The summed E-state index contributed by atoms with van der Waals surface area (Å²) in [6.07, 6.45) is 1.18. The molecule has 5 heteroatoms. The number of methoxy groups -OCH3 is 1. The van der Waals surface area contributed by atoms with Gasteiger partial charge in [0, 0.05) is 17.4 Å². The van der Waals surface area contributed by atoms with E-state index in [9.17, 15) is 9.59 Å². The van der Waals surface area contributed by atoms with Crippen LogP contribution in [0.4, 0.5) is 0 Å². The van der Waals surface area contributed by atoms with Crippen molar-refractivity contribution in [2.75, 3.05) is 7.11 Å². The Morgan fingerprint density at radius 2 is 1.80 bits per heavy atom. The average molecular weight is 274 g/mol. The second-order valence-corrected chi connectivity index (χ2v) is 4.45. The summed E-state index contributed by atoms with van der Waals surface area (Å²) in [6.45, 7) is 5.47. The van der Waals surface area contributed by atoms with E-state index in [1.165, 1.54) is 13.2 Å². The Labute approximate surface area is 118 Å². The molecular formula is C15H18N2O3. The molecule has 0 fully saturated rings. The van der Waals surface area contributed by atoms with Crippen molar-refractivity contribution in [1.82, 2.24) is 5.43 Å². The second-order valence-electron chi connectivity index (χ2n) is 4.45. The molecule has 0 bridgehead atoms. The highest BCUT2D eigenvalue weighted by atomic mass is 16.5. The fraction of sp³-hybridized carbons (Fsp3) is 0.267. The van der Waals surface area contributed by atoms with E-state index < -0.39 is 5.97 Å². The number of ether oxygens (including phenoxy) is 1. The van der Waals surface area contributed by atoms with Gasteiger partial charge in [-0.1, -0.05) is 29.8 Å². The van der Waals surface area contributed by atoms with Crippen molar-refractivity contribution in [3.05, 3.63) is 47.2 Å². The number of aryl methyl sites for hydroxylation is 1. The van der Waals surface area contributed by atoms with Crippen LogP contribution in [0.25, 0.3) is 0 Å². The number of hydrazone groups is 1. The molecule has 0 spiro atoms. The van der Waals surface area contributed by atoms with Crippen LogP contribution in [-0.2, 0) is 9.53 Å². The maximum Gasteiger partial charge on any atom is 0.356 e. The number of nitrogens with zero attached hydrogens (tertiary/aromatic N) is 1. The minimum atomic E-state index is -0.643. The van der Waals surface area contributed by atoms with Crippen molar-refractivity contribution >= 4 is 17.5 Å². The minimum absolute atomic E-state index is 0.000671. The molecule has 0 aliphatic heterocycles. The van der Waals surface area contributed by atoms with Gasteiger partial charge in [-0.2, -0.15) is 5.10 Å². The van der Waals surface area contributed by atoms with Crippen LogP contribution in [0.5, 0.6) is 0 Å². The Morgan fingerprint density at radius 3 is 2.30 bits per heavy atom. The first kappa shape index (κ1) is 15.6. The fourth-order valence-corrected chi connectivity index (χ4v) is 1.35. The molecular weight excluding hydrogens is 256 g/mol. The van der Waals surface area contributed by atoms with E-state index in [-0.39, 0.29) is 11.5 Å². The molecule has 1 N–H and O–H groups in total. The van der Waals surface area contributed by atoms with Crippen molar-refractivity contribution in [3.63, 3.8) is 0 Å². The second kappa shape index (κ2) is 7.23. The molecule has 20 heavy (non-hydrogen) atoms. The molecule has 0 amide bonds. The molecule has 0 atom stereocenters. The molecule has 106 valence electrons. The summed E-state index contributed by atoms with van der Waals surface area (Å²) in [5, 5.41) is 3.90. The van der Waals surface area contributed by atoms with Crippen molar-refractivity contribution < 1.29 is 14.3 Å². The number of carbonyl (C=O) groups is 2. The van der Waals surface area contributed by atoms with Gasteiger partial charge in [-0.25, -0.2) is 4.79 Å². The third kappa shape index (κ3) is 4.68. The minimum Gasteiger partial charge on any atom is -0.464 e. The molecule has 0 saturated heterocycles. The van der Waals surface area contributed by atoms with Crippen LogP contribution in [-0.4, -0.2) is 24.6 Å². The molecule has 0 aromatic heterocycles. The lowest BCUT2D eigenvalue weighted by molar-refractivity contribution is -0.136. The van der Waals surface area contributed by atoms with E-state index in [1.807, 2.05) is 19.1 Å². The summed E-state index contributed by atoms with van der Waals surface area (Å²) >= 11 is 0. The van der Waals surface area contributed by atoms with Crippen LogP contribution < -0.4 is 5.43 Å². The van der Waals surface area contributed by atoms with Crippen LogP contribution in [0, 0.1) is 6.92 Å². The number of allylic oxidation sites excluding steroid dienone is 1. The van der Waals surface area contributed by atoms with Gasteiger partial charge in [-0.15, -0.1) is 0 Å². The Balaban J connectivity index is 2.99. The molecule has 0 radical (unpaired) electrons. The lowest BCUT2D eigenvalue weighted by Gasteiger charge is -2.05. The maximum atomic E-state index is 12.1. The molecule has 0 unspecified atom stereocenters. The lowest BCUT2D eigenvalue weighted by Crippen LogP contribution is -2.19. The van der Waals surface area contributed by atoms with E-state index in [1.54, 1.807) is 26.0 Å². The van der Waals surface area contributed by atoms with Crippen LogP contribution >= 0.6 is 0 Å². The SMILES string of the molecule is COC(=O)/C(=C/C(=O)c1ccc(C)cc1)NN=C(C)C. The molecule has 0 heterocycles. The standard InChI is InChI=1S/C15H18N2O3/c1-10(2)16-17-13(15(19)20-4)9-14(18)12-7-5-11(3)6-8-12/h5-9,17H,1-4H3/b13-9-. The highest BCUT2D eigenvalue weighted by Gasteiger charge is 2.12. The van der Waals surface area contributed by atoms with Gasteiger partial charge in [-0.05, 0) is 20.8 Å². The molecule has 0 aliphatic rings. The Bertz CT molecular complexity index is 553. The molecule has 5 nitrogen and oxygen atoms in total. The zero-order valence-electron chi connectivity index (χ0n) is 12.1. The zero-order valence-corrected chi connectivity index (χ0v) is 12.1. The predicted octanol–water partition coefficient (Wildman–Crippen LogP) is 2.22. The Kier molecular flexibility index (Phi) is 5.65. The molecule has 0 aliphatic carbocycles. The number of nitrogens with one attached hydrogen (secondary N) is 1. The summed E-state index contributed by atoms with van der Waals surface area (Å²) in [5.74, 6) is -0.933. The van der Waals surface area contributed by atoms with Crippen molar-refractivity contribution in [1.29, 1.82) is 0 Å². The van der Waals surface area contributed by atoms with E-state index in [2.05, 4.69) is 15.3 Å². The number of hydrogen-bond acceptors (Lipinski definition) is 5.